The van der Waals surface area contributed by atoms with Gasteiger partial charge in [0, 0.05) is 6.54 Å². The molecule has 0 aliphatic rings. The molecule has 6 nitrogen and oxygen atoms in total. The van der Waals surface area contributed by atoms with Crippen LogP contribution >= 0.6 is 0 Å². The lowest BCUT2D eigenvalue weighted by atomic mass is 10.1. The van der Waals surface area contributed by atoms with Crippen LogP contribution < -0.4 is 10.6 Å². The van der Waals surface area contributed by atoms with E-state index >= 15 is 0 Å². The fourth-order valence-electron chi connectivity index (χ4n) is 1.49. The van der Waals surface area contributed by atoms with Crippen molar-refractivity contribution >= 4 is 17.8 Å². The SMILES string of the molecule is CC(CNC(=O)CNC(=O)Cc1cccc(F)c1)C(=O)O. The van der Waals surface area contributed by atoms with Crippen molar-refractivity contribution in [3.8, 4) is 0 Å². The molecule has 0 aliphatic carbocycles. The summed E-state index contributed by atoms with van der Waals surface area (Å²) in [5, 5.41) is 13.4. The van der Waals surface area contributed by atoms with Crippen molar-refractivity contribution < 1.29 is 23.9 Å². The maximum atomic E-state index is 12.9. The van der Waals surface area contributed by atoms with Crippen LogP contribution in [0.4, 0.5) is 4.39 Å². The highest BCUT2D eigenvalue weighted by Gasteiger charge is 2.12. The molecule has 1 aromatic carbocycles. The van der Waals surface area contributed by atoms with Gasteiger partial charge in [-0.15, -0.1) is 0 Å². The molecule has 0 spiro atoms. The van der Waals surface area contributed by atoms with Crippen LogP contribution in [0.25, 0.3) is 0 Å². The molecule has 0 saturated carbocycles. The van der Waals surface area contributed by atoms with E-state index in [1.807, 2.05) is 0 Å². The molecule has 2 amide bonds. The molecule has 0 radical (unpaired) electrons. The van der Waals surface area contributed by atoms with Crippen molar-refractivity contribution in [1.82, 2.24) is 10.6 Å². The highest BCUT2D eigenvalue weighted by molar-refractivity contribution is 5.85. The van der Waals surface area contributed by atoms with E-state index in [1.54, 1.807) is 6.07 Å². The lowest BCUT2D eigenvalue weighted by Crippen LogP contribution is -2.40. The summed E-state index contributed by atoms with van der Waals surface area (Å²) in [6, 6.07) is 5.63. The molecule has 7 heteroatoms. The molecule has 0 heterocycles. The Bertz CT molecular complexity index is 533. The maximum Gasteiger partial charge on any atom is 0.308 e. The van der Waals surface area contributed by atoms with Crippen LogP contribution in [0.3, 0.4) is 0 Å². The molecule has 3 N–H and O–H groups in total. The molecule has 21 heavy (non-hydrogen) atoms. The van der Waals surface area contributed by atoms with Gasteiger partial charge < -0.3 is 15.7 Å². The number of aliphatic carboxylic acids is 1. The Hall–Kier alpha value is -2.44. The highest BCUT2D eigenvalue weighted by atomic mass is 19.1. The number of carboxylic acid groups (broad SMARTS) is 1. The summed E-state index contributed by atoms with van der Waals surface area (Å²) in [5.41, 5.74) is 0.507. The number of rotatable bonds is 7. The van der Waals surface area contributed by atoms with E-state index in [2.05, 4.69) is 10.6 Å². The summed E-state index contributed by atoms with van der Waals surface area (Å²) in [5.74, 6) is -3.03. The fraction of sp³-hybridized carbons (Fsp3) is 0.357. The van der Waals surface area contributed by atoms with Crippen LogP contribution in [0.2, 0.25) is 0 Å². The highest BCUT2D eigenvalue weighted by Crippen LogP contribution is 2.03. The monoisotopic (exact) mass is 296 g/mol. The molecule has 1 aromatic rings. The fourth-order valence-corrected chi connectivity index (χ4v) is 1.49. The summed E-state index contributed by atoms with van der Waals surface area (Å²) in [6.45, 7) is 1.21. The number of carbonyl (C=O) groups excluding carboxylic acids is 2. The van der Waals surface area contributed by atoms with Gasteiger partial charge in [0.25, 0.3) is 0 Å². The summed E-state index contributed by atoms with van der Waals surface area (Å²) < 4.78 is 12.9. The molecular weight excluding hydrogens is 279 g/mol. The van der Waals surface area contributed by atoms with E-state index < -0.39 is 29.5 Å². The molecule has 0 saturated heterocycles. The second-order valence-corrected chi connectivity index (χ2v) is 4.63. The first-order valence-corrected chi connectivity index (χ1v) is 6.39. The van der Waals surface area contributed by atoms with Gasteiger partial charge in [-0.1, -0.05) is 19.1 Å². The maximum absolute atomic E-state index is 12.9. The Balaban J connectivity index is 2.29. The minimum Gasteiger partial charge on any atom is -0.481 e. The van der Waals surface area contributed by atoms with Gasteiger partial charge in [-0.05, 0) is 17.7 Å². The predicted molar refractivity (Wildman–Crippen MR) is 72.9 cm³/mol. The lowest BCUT2D eigenvalue weighted by Gasteiger charge is -2.09. The molecular formula is C14H17FN2O4. The summed E-state index contributed by atoms with van der Waals surface area (Å²) >= 11 is 0. The Labute approximate surface area is 121 Å². The number of benzene rings is 1. The lowest BCUT2D eigenvalue weighted by molar-refractivity contribution is -0.141. The second kappa shape index (κ2) is 7.98. The largest absolute Gasteiger partial charge is 0.481 e. The van der Waals surface area contributed by atoms with Crippen molar-refractivity contribution in [2.24, 2.45) is 5.92 Å². The quantitative estimate of drug-likeness (QED) is 0.675. The summed E-state index contributed by atoms with van der Waals surface area (Å²) in [4.78, 5) is 33.5. The van der Waals surface area contributed by atoms with E-state index in [0.717, 1.165) is 0 Å². The molecule has 1 unspecified atom stereocenters. The van der Waals surface area contributed by atoms with E-state index in [0.29, 0.717) is 5.56 Å². The second-order valence-electron chi connectivity index (χ2n) is 4.63. The average molecular weight is 296 g/mol. The summed E-state index contributed by atoms with van der Waals surface area (Å²) in [6.07, 6.45) is -0.0312. The predicted octanol–water partition coefficient (Wildman–Crippen LogP) is 0.321. The molecule has 0 aromatic heterocycles. The molecule has 0 aliphatic heterocycles. The van der Waals surface area contributed by atoms with Crippen molar-refractivity contribution in [1.29, 1.82) is 0 Å². The number of hydrogen-bond acceptors (Lipinski definition) is 3. The topological polar surface area (TPSA) is 95.5 Å². The third kappa shape index (κ3) is 6.51. The van der Waals surface area contributed by atoms with Crippen molar-refractivity contribution in [2.45, 2.75) is 13.3 Å². The van der Waals surface area contributed by atoms with E-state index in [-0.39, 0.29) is 19.5 Å². The number of carbonyl (C=O) groups is 3. The van der Waals surface area contributed by atoms with Crippen LogP contribution in [0.5, 0.6) is 0 Å². The molecule has 1 rings (SSSR count). The average Bonchev–Trinajstić information content (AvgIpc) is 2.42. The number of nitrogens with one attached hydrogen (secondary N) is 2. The van der Waals surface area contributed by atoms with Crippen LogP contribution in [0.1, 0.15) is 12.5 Å². The zero-order valence-corrected chi connectivity index (χ0v) is 11.6. The third-order valence-corrected chi connectivity index (χ3v) is 2.73. The number of carboxylic acids is 1. The van der Waals surface area contributed by atoms with Crippen LogP contribution in [-0.2, 0) is 20.8 Å². The molecule has 1 atom stereocenters. The zero-order valence-electron chi connectivity index (χ0n) is 11.6. The summed E-state index contributed by atoms with van der Waals surface area (Å²) in [7, 11) is 0. The normalized spacial score (nSPS) is 11.5. The number of hydrogen-bond donors (Lipinski definition) is 3. The first kappa shape index (κ1) is 16.6. The van der Waals surface area contributed by atoms with Crippen LogP contribution in [0.15, 0.2) is 24.3 Å². The van der Waals surface area contributed by atoms with Crippen molar-refractivity contribution in [3.63, 3.8) is 0 Å². The molecule has 0 bridgehead atoms. The standard InChI is InChI=1S/C14H17FN2O4/c1-9(14(20)21)7-16-13(19)8-17-12(18)6-10-3-2-4-11(15)5-10/h2-5,9H,6-8H2,1H3,(H,16,19)(H,17,18)(H,20,21). The van der Waals surface area contributed by atoms with Gasteiger partial charge in [-0.25, -0.2) is 4.39 Å². The third-order valence-electron chi connectivity index (χ3n) is 2.73. The number of halogens is 1. The van der Waals surface area contributed by atoms with E-state index in [4.69, 9.17) is 5.11 Å². The van der Waals surface area contributed by atoms with E-state index in [1.165, 1.54) is 25.1 Å². The van der Waals surface area contributed by atoms with Crippen molar-refractivity contribution in [2.75, 3.05) is 13.1 Å². The molecule has 114 valence electrons. The Kier molecular flexibility index (Phi) is 6.32. The van der Waals surface area contributed by atoms with Crippen LogP contribution in [-0.4, -0.2) is 36.0 Å². The minimum absolute atomic E-state index is 0.00602. The Morgan fingerprint density at radius 3 is 2.57 bits per heavy atom. The van der Waals surface area contributed by atoms with Gasteiger partial charge in [0.05, 0.1) is 18.9 Å². The van der Waals surface area contributed by atoms with Gasteiger partial charge in [0.2, 0.25) is 11.8 Å². The van der Waals surface area contributed by atoms with Gasteiger partial charge in [-0.3, -0.25) is 14.4 Å². The van der Waals surface area contributed by atoms with Crippen LogP contribution in [0, 0.1) is 11.7 Å². The van der Waals surface area contributed by atoms with E-state index in [9.17, 15) is 18.8 Å². The smallest absolute Gasteiger partial charge is 0.308 e. The first-order chi connectivity index (χ1) is 9.88. The Morgan fingerprint density at radius 1 is 1.24 bits per heavy atom. The zero-order chi connectivity index (χ0) is 15.8. The van der Waals surface area contributed by atoms with Gasteiger partial charge in [0.1, 0.15) is 5.82 Å². The minimum atomic E-state index is -1.01. The van der Waals surface area contributed by atoms with Gasteiger partial charge >= 0.3 is 5.97 Å². The molecule has 0 fully saturated rings. The van der Waals surface area contributed by atoms with Gasteiger partial charge in [0.15, 0.2) is 0 Å². The van der Waals surface area contributed by atoms with Crippen molar-refractivity contribution in [3.05, 3.63) is 35.6 Å². The van der Waals surface area contributed by atoms with Gasteiger partial charge in [-0.2, -0.15) is 0 Å². The Morgan fingerprint density at radius 2 is 1.95 bits per heavy atom. The number of amides is 2. The first-order valence-electron chi connectivity index (χ1n) is 6.39.